The van der Waals surface area contributed by atoms with Crippen molar-refractivity contribution in [3.8, 4) is 5.75 Å². The molecule has 6 nitrogen and oxygen atoms in total. The number of amides is 1. The van der Waals surface area contributed by atoms with Crippen molar-refractivity contribution in [3.63, 3.8) is 0 Å². The predicted molar refractivity (Wildman–Crippen MR) is 99.9 cm³/mol. The number of nitrogens with zero attached hydrogens (tertiary/aromatic N) is 1. The van der Waals surface area contributed by atoms with E-state index in [0.717, 1.165) is 18.3 Å². The van der Waals surface area contributed by atoms with Crippen molar-refractivity contribution in [2.45, 2.75) is 57.8 Å². The summed E-state index contributed by atoms with van der Waals surface area (Å²) in [5, 5.41) is 9.54. The number of carbonyl (C=O) groups excluding carboxylic acids is 1. The van der Waals surface area contributed by atoms with Gasteiger partial charge in [0, 0.05) is 6.54 Å². The molecule has 2 saturated heterocycles. The second kappa shape index (κ2) is 6.87. The highest BCUT2D eigenvalue weighted by molar-refractivity contribution is 6.62. The zero-order valence-corrected chi connectivity index (χ0v) is 16.2. The van der Waals surface area contributed by atoms with Gasteiger partial charge in [-0.25, -0.2) is 0 Å². The summed E-state index contributed by atoms with van der Waals surface area (Å²) in [4.78, 5) is 14.8. The Balaban J connectivity index is 1.92. The smallest absolute Gasteiger partial charge is 0.494 e. The van der Waals surface area contributed by atoms with Gasteiger partial charge in [-0.3, -0.25) is 4.79 Å². The van der Waals surface area contributed by atoms with E-state index in [1.165, 1.54) is 0 Å². The highest BCUT2D eigenvalue weighted by atomic mass is 16.7. The largest absolute Gasteiger partial charge is 0.496 e. The van der Waals surface area contributed by atoms with Crippen LogP contribution in [0.2, 0.25) is 0 Å². The third kappa shape index (κ3) is 3.24. The molecular formula is C19H28BNO5. The number of methoxy groups -OCH3 is 1. The van der Waals surface area contributed by atoms with E-state index in [1.807, 2.05) is 33.8 Å². The van der Waals surface area contributed by atoms with Gasteiger partial charge in [0.1, 0.15) is 5.75 Å². The molecule has 0 saturated carbocycles. The quantitative estimate of drug-likeness (QED) is 0.825. The first-order valence-electron chi connectivity index (χ1n) is 9.15. The van der Waals surface area contributed by atoms with Gasteiger partial charge in [0.05, 0.1) is 36.5 Å². The minimum absolute atomic E-state index is 0.0228. The molecule has 2 aliphatic rings. The van der Waals surface area contributed by atoms with Gasteiger partial charge in [0.15, 0.2) is 0 Å². The van der Waals surface area contributed by atoms with Crippen molar-refractivity contribution in [1.29, 1.82) is 0 Å². The normalized spacial score (nSPS) is 24.2. The molecule has 0 aromatic heterocycles. The van der Waals surface area contributed by atoms with E-state index < -0.39 is 18.3 Å². The zero-order chi connectivity index (χ0) is 19.1. The molecule has 1 atom stereocenters. The van der Waals surface area contributed by atoms with Gasteiger partial charge in [0.2, 0.25) is 0 Å². The van der Waals surface area contributed by atoms with E-state index in [1.54, 1.807) is 24.1 Å². The highest BCUT2D eigenvalue weighted by Crippen LogP contribution is 2.36. The molecule has 0 radical (unpaired) electrons. The number of ether oxygens (including phenoxy) is 1. The summed E-state index contributed by atoms with van der Waals surface area (Å²) in [7, 11) is 1.01. The lowest BCUT2D eigenvalue weighted by molar-refractivity contribution is 0.00578. The number of aliphatic hydroxyl groups excluding tert-OH is 1. The number of hydrogen-bond acceptors (Lipinski definition) is 5. The predicted octanol–water partition coefficient (Wildman–Crippen LogP) is 1.59. The minimum Gasteiger partial charge on any atom is -0.496 e. The van der Waals surface area contributed by atoms with Crippen molar-refractivity contribution < 1.29 is 23.9 Å². The van der Waals surface area contributed by atoms with Gasteiger partial charge in [-0.05, 0) is 58.1 Å². The lowest BCUT2D eigenvalue weighted by Crippen LogP contribution is -2.41. The molecule has 1 amide bonds. The van der Waals surface area contributed by atoms with E-state index in [2.05, 4.69) is 0 Å². The molecule has 2 heterocycles. The van der Waals surface area contributed by atoms with Crippen LogP contribution in [-0.4, -0.2) is 60.5 Å². The maximum atomic E-state index is 13.1. The van der Waals surface area contributed by atoms with Crippen LogP contribution in [0.25, 0.3) is 0 Å². The van der Waals surface area contributed by atoms with Gasteiger partial charge >= 0.3 is 7.12 Å². The van der Waals surface area contributed by atoms with Crippen LogP contribution in [0.1, 0.15) is 50.9 Å². The second-order valence-corrected chi connectivity index (χ2v) is 8.03. The Kier molecular flexibility index (Phi) is 5.07. The van der Waals surface area contributed by atoms with Crippen LogP contribution >= 0.6 is 0 Å². The first kappa shape index (κ1) is 19.2. The molecule has 2 aliphatic heterocycles. The van der Waals surface area contributed by atoms with Crippen molar-refractivity contribution in [1.82, 2.24) is 4.90 Å². The van der Waals surface area contributed by atoms with Crippen molar-refractivity contribution in [3.05, 3.63) is 23.8 Å². The fourth-order valence-electron chi connectivity index (χ4n) is 3.47. The van der Waals surface area contributed by atoms with Gasteiger partial charge < -0.3 is 24.1 Å². The number of benzene rings is 1. The maximum absolute atomic E-state index is 13.1. The van der Waals surface area contributed by atoms with Crippen LogP contribution in [-0.2, 0) is 9.31 Å². The average molecular weight is 361 g/mol. The van der Waals surface area contributed by atoms with E-state index in [0.29, 0.717) is 17.9 Å². The Morgan fingerprint density at radius 2 is 1.96 bits per heavy atom. The minimum atomic E-state index is -0.537. The molecule has 7 heteroatoms. The fourth-order valence-corrected chi connectivity index (χ4v) is 3.47. The van der Waals surface area contributed by atoms with E-state index >= 15 is 0 Å². The molecule has 1 aromatic carbocycles. The molecule has 26 heavy (non-hydrogen) atoms. The lowest BCUT2D eigenvalue weighted by atomic mass is 9.78. The first-order chi connectivity index (χ1) is 12.2. The van der Waals surface area contributed by atoms with Crippen LogP contribution in [0.5, 0.6) is 5.75 Å². The second-order valence-electron chi connectivity index (χ2n) is 8.03. The number of carbonyl (C=O) groups is 1. The molecule has 142 valence electrons. The molecular weight excluding hydrogens is 333 g/mol. The molecule has 3 rings (SSSR count). The summed E-state index contributed by atoms with van der Waals surface area (Å²) >= 11 is 0. The molecule has 2 fully saturated rings. The van der Waals surface area contributed by atoms with Crippen LogP contribution < -0.4 is 10.2 Å². The van der Waals surface area contributed by atoms with Crippen LogP contribution in [0.3, 0.4) is 0 Å². The zero-order valence-electron chi connectivity index (χ0n) is 16.2. The summed E-state index contributed by atoms with van der Waals surface area (Å²) in [5.74, 6) is 0.385. The molecule has 1 unspecified atom stereocenters. The SMILES string of the molecule is COc1ccc(B2OC(C)(C)C(C)(C)O2)cc1C(=O)N1CCCC1CO. The highest BCUT2D eigenvalue weighted by Gasteiger charge is 2.51. The van der Waals surface area contributed by atoms with Crippen molar-refractivity contribution in [2.24, 2.45) is 0 Å². The monoisotopic (exact) mass is 361 g/mol. The summed E-state index contributed by atoms with van der Waals surface area (Å²) in [5.41, 5.74) is 0.366. The fraction of sp³-hybridized carbons (Fsp3) is 0.632. The van der Waals surface area contributed by atoms with Crippen molar-refractivity contribution >= 4 is 18.5 Å². The number of likely N-dealkylation sites (tertiary alicyclic amines) is 1. The number of rotatable bonds is 4. The third-order valence-electron chi connectivity index (χ3n) is 5.83. The summed E-state index contributed by atoms with van der Waals surface area (Å²) in [6.45, 7) is 8.62. The standard InChI is InChI=1S/C19H28BNO5/c1-18(2)19(3,4)26-20(25-18)13-8-9-16(24-5)15(11-13)17(23)21-10-6-7-14(21)12-22/h8-9,11,14,22H,6-7,10,12H2,1-5H3. The van der Waals surface area contributed by atoms with E-state index in [9.17, 15) is 9.90 Å². The molecule has 0 aliphatic carbocycles. The van der Waals surface area contributed by atoms with Gasteiger partial charge in [-0.2, -0.15) is 0 Å². The molecule has 1 aromatic rings. The third-order valence-corrected chi connectivity index (χ3v) is 5.83. The number of hydrogen-bond donors (Lipinski definition) is 1. The number of aliphatic hydroxyl groups is 1. The molecule has 0 spiro atoms. The summed E-state index contributed by atoms with van der Waals surface area (Å²) in [6.07, 6.45) is 1.72. The molecule has 0 bridgehead atoms. The average Bonchev–Trinajstić information content (AvgIpc) is 3.15. The Labute approximate surface area is 155 Å². The lowest BCUT2D eigenvalue weighted by Gasteiger charge is -2.32. The Morgan fingerprint density at radius 1 is 1.31 bits per heavy atom. The van der Waals surface area contributed by atoms with Crippen LogP contribution in [0.4, 0.5) is 0 Å². The first-order valence-corrected chi connectivity index (χ1v) is 9.15. The summed E-state index contributed by atoms with van der Waals surface area (Å²) in [6, 6.07) is 5.30. The Morgan fingerprint density at radius 3 is 2.54 bits per heavy atom. The van der Waals surface area contributed by atoms with Gasteiger partial charge in [0.25, 0.3) is 5.91 Å². The topological polar surface area (TPSA) is 68.2 Å². The Bertz CT molecular complexity index is 675. The van der Waals surface area contributed by atoms with Crippen LogP contribution in [0, 0.1) is 0 Å². The molecule has 1 N–H and O–H groups in total. The Hall–Kier alpha value is -1.57. The van der Waals surface area contributed by atoms with Gasteiger partial charge in [-0.1, -0.05) is 6.07 Å². The van der Waals surface area contributed by atoms with Gasteiger partial charge in [-0.15, -0.1) is 0 Å². The van der Waals surface area contributed by atoms with E-state index in [-0.39, 0.29) is 18.6 Å². The maximum Gasteiger partial charge on any atom is 0.494 e. The van der Waals surface area contributed by atoms with Crippen LogP contribution in [0.15, 0.2) is 18.2 Å². The van der Waals surface area contributed by atoms with E-state index in [4.69, 9.17) is 14.0 Å². The van der Waals surface area contributed by atoms with Crippen molar-refractivity contribution in [2.75, 3.05) is 20.3 Å². The summed E-state index contributed by atoms with van der Waals surface area (Å²) < 4.78 is 17.6.